The van der Waals surface area contributed by atoms with Crippen LogP contribution in [0.4, 0.5) is 0 Å². The summed E-state index contributed by atoms with van der Waals surface area (Å²) >= 11 is 0. The molecule has 0 saturated carbocycles. The minimum atomic E-state index is -0.293. The van der Waals surface area contributed by atoms with Crippen molar-refractivity contribution in [2.45, 2.75) is 19.4 Å². The molecular weight excluding hydrogens is 500 g/mol. The second kappa shape index (κ2) is 11.0. The van der Waals surface area contributed by atoms with E-state index < -0.39 is 0 Å². The Kier molecular flexibility index (Phi) is 7.89. The highest BCUT2D eigenvalue weighted by Crippen LogP contribution is 2.37. The van der Waals surface area contributed by atoms with Gasteiger partial charge in [0.05, 0.1) is 24.8 Å². The number of ether oxygens (including phenoxy) is 1. The maximum Gasteiger partial charge on any atom is 0.253 e. The van der Waals surface area contributed by atoms with Crippen molar-refractivity contribution in [1.29, 1.82) is 5.26 Å². The van der Waals surface area contributed by atoms with Crippen molar-refractivity contribution in [2.24, 2.45) is 0 Å². The molecule has 1 aliphatic heterocycles. The molecule has 0 atom stereocenters. The van der Waals surface area contributed by atoms with Crippen molar-refractivity contribution >= 4 is 29.4 Å². The van der Waals surface area contributed by atoms with Crippen LogP contribution in [0.3, 0.4) is 0 Å². The van der Waals surface area contributed by atoms with Crippen LogP contribution in [0.1, 0.15) is 35.3 Å². The topological polar surface area (TPSA) is 82.6 Å². The Bertz CT molecular complexity index is 1500. The van der Waals surface area contributed by atoms with Crippen molar-refractivity contribution in [1.82, 2.24) is 14.8 Å². The van der Waals surface area contributed by atoms with Crippen LogP contribution in [0, 0.1) is 11.3 Å². The van der Waals surface area contributed by atoms with Gasteiger partial charge in [0.2, 0.25) is 0 Å². The fourth-order valence-electron chi connectivity index (χ4n) is 4.97. The lowest BCUT2D eigenvalue weighted by Gasteiger charge is -2.41. The van der Waals surface area contributed by atoms with Gasteiger partial charge >= 0.3 is 0 Å². The van der Waals surface area contributed by atoms with E-state index in [0.29, 0.717) is 35.7 Å². The molecule has 1 saturated heterocycles. The first-order valence-corrected chi connectivity index (χ1v) is 12.4. The van der Waals surface area contributed by atoms with E-state index in [1.807, 2.05) is 30.3 Å². The van der Waals surface area contributed by atoms with E-state index in [2.05, 4.69) is 41.9 Å². The van der Waals surface area contributed by atoms with E-state index in [1.165, 1.54) is 0 Å². The standard InChI is InChI=1S/C30H30N4O3.ClH/c1-30(2,34-13-15-36-16-14-34)25-10-9-22(17-23(25)19-31)24-11-12-32-26-18-27(37-28(24)26)20-5-7-21(8-6-20)29(35)33(3)4;/h5-12,17-18H,13-16H2,1-4H3;1H. The number of fused-ring (bicyclic) bond motifs is 1. The normalized spacial score (nSPS) is 14.1. The van der Waals surface area contributed by atoms with Crippen LogP contribution >= 0.6 is 12.4 Å². The summed E-state index contributed by atoms with van der Waals surface area (Å²) in [5.74, 6) is 0.623. The SMILES string of the molecule is CN(C)C(=O)c1ccc(-c2cc3nccc(-c4ccc(C(C)(C)N5CCOCC5)c(C#N)c4)c3o2)cc1.Cl. The molecule has 0 unspecified atom stereocenters. The Morgan fingerprint density at radius 3 is 2.37 bits per heavy atom. The number of furan rings is 1. The summed E-state index contributed by atoms with van der Waals surface area (Å²) in [6.07, 6.45) is 1.76. The number of hydrogen-bond donors (Lipinski definition) is 0. The number of carbonyl (C=O) groups is 1. The highest BCUT2D eigenvalue weighted by atomic mass is 35.5. The first-order chi connectivity index (χ1) is 17.8. The van der Waals surface area contributed by atoms with Crippen LogP contribution < -0.4 is 0 Å². The lowest BCUT2D eigenvalue weighted by molar-refractivity contribution is -0.0118. The number of hydrogen-bond acceptors (Lipinski definition) is 6. The van der Waals surface area contributed by atoms with Crippen LogP contribution in [-0.4, -0.2) is 61.1 Å². The molecule has 2 aromatic heterocycles. The van der Waals surface area contributed by atoms with Crippen molar-refractivity contribution in [3.63, 3.8) is 0 Å². The van der Waals surface area contributed by atoms with Gasteiger partial charge in [0.25, 0.3) is 5.91 Å². The maximum absolute atomic E-state index is 12.2. The predicted octanol–water partition coefficient (Wildman–Crippen LogP) is 5.72. The lowest BCUT2D eigenvalue weighted by atomic mass is 9.86. The molecule has 2 aromatic carbocycles. The molecule has 4 aromatic rings. The molecule has 8 heteroatoms. The number of amides is 1. The number of pyridine rings is 1. The smallest absolute Gasteiger partial charge is 0.253 e. The van der Waals surface area contributed by atoms with Gasteiger partial charge in [0.15, 0.2) is 5.58 Å². The zero-order valence-corrected chi connectivity index (χ0v) is 22.8. The number of nitriles is 1. The third-order valence-corrected chi connectivity index (χ3v) is 7.15. The molecule has 1 amide bonds. The summed E-state index contributed by atoms with van der Waals surface area (Å²) in [5.41, 5.74) is 6.00. The molecule has 196 valence electrons. The van der Waals surface area contributed by atoms with Gasteiger partial charge in [0.1, 0.15) is 11.3 Å². The second-order valence-electron chi connectivity index (χ2n) is 9.99. The number of aromatic nitrogens is 1. The Labute approximate surface area is 229 Å². The Balaban J connectivity index is 0.00000336. The van der Waals surface area contributed by atoms with Crippen molar-refractivity contribution in [3.05, 3.63) is 77.5 Å². The number of benzene rings is 2. The van der Waals surface area contributed by atoms with E-state index >= 15 is 0 Å². The molecular formula is C30H31ClN4O3. The summed E-state index contributed by atoms with van der Waals surface area (Å²) in [6.45, 7) is 7.40. The molecule has 0 N–H and O–H groups in total. The van der Waals surface area contributed by atoms with Crippen molar-refractivity contribution in [3.8, 4) is 28.5 Å². The van der Waals surface area contributed by atoms with E-state index in [9.17, 15) is 10.1 Å². The predicted molar refractivity (Wildman–Crippen MR) is 150 cm³/mol. The van der Waals surface area contributed by atoms with E-state index in [4.69, 9.17) is 9.15 Å². The van der Waals surface area contributed by atoms with Gasteiger partial charge in [0, 0.05) is 61.7 Å². The fraction of sp³-hybridized carbons (Fsp3) is 0.300. The molecule has 1 aliphatic rings. The van der Waals surface area contributed by atoms with Gasteiger partial charge in [-0.2, -0.15) is 5.26 Å². The Morgan fingerprint density at radius 1 is 1.03 bits per heavy atom. The molecule has 7 nitrogen and oxygen atoms in total. The monoisotopic (exact) mass is 530 g/mol. The van der Waals surface area contributed by atoms with Gasteiger partial charge in [-0.25, -0.2) is 0 Å². The maximum atomic E-state index is 12.2. The Morgan fingerprint density at radius 2 is 1.71 bits per heavy atom. The Hall–Kier alpha value is -3.70. The van der Waals surface area contributed by atoms with Gasteiger partial charge in [-0.1, -0.05) is 24.3 Å². The molecule has 38 heavy (non-hydrogen) atoms. The molecule has 0 radical (unpaired) electrons. The lowest BCUT2D eigenvalue weighted by Crippen LogP contribution is -2.48. The van der Waals surface area contributed by atoms with E-state index in [-0.39, 0.29) is 23.9 Å². The van der Waals surface area contributed by atoms with Crippen molar-refractivity contribution < 1.29 is 13.9 Å². The number of rotatable bonds is 5. The zero-order valence-electron chi connectivity index (χ0n) is 22.0. The molecule has 5 rings (SSSR count). The number of carbonyl (C=O) groups excluding carboxylic acids is 1. The summed E-state index contributed by atoms with van der Waals surface area (Å²) in [7, 11) is 3.47. The molecule has 0 spiro atoms. The average molecular weight is 531 g/mol. The van der Waals surface area contributed by atoms with Gasteiger partial charge < -0.3 is 14.1 Å². The van der Waals surface area contributed by atoms with Crippen LogP contribution in [0.15, 0.2) is 65.2 Å². The number of morpholine rings is 1. The van der Waals surface area contributed by atoms with Gasteiger partial charge in [-0.15, -0.1) is 12.4 Å². The van der Waals surface area contributed by atoms with E-state index in [0.717, 1.165) is 40.9 Å². The number of halogens is 1. The summed E-state index contributed by atoms with van der Waals surface area (Å²) in [5, 5.41) is 10.1. The minimum absolute atomic E-state index is 0. The first kappa shape index (κ1) is 27.3. The number of nitrogens with zero attached hydrogens (tertiary/aromatic N) is 4. The van der Waals surface area contributed by atoms with Crippen molar-refractivity contribution in [2.75, 3.05) is 40.4 Å². The van der Waals surface area contributed by atoms with E-state index in [1.54, 1.807) is 37.3 Å². The molecule has 0 bridgehead atoms. The van der Waals surface area contributed by atoms with Crippen LogP contribution in [0.25, 0.3) is 33.6 Å². The highest BCUT2D eigenvalue weighted by Gasteiger charge is 2.32. The first-order valence-electron chi connectivity index (χ1n) is 12.4. The second-order valence-corrected chi connectivity index (χ2v) is 9.99. The quantitative estimate of drug-likeness (QED) is 0.328. The third kappa shape index (κ3) is 5.03. The summed E-state index contributed by atoms with van der Waals surface area (Å²) < 4.78 is 11.8. The molecule has 3 heterocycles. The van der Waals surface area contributed by atoms with Crippen LogP contribution in [0.5, 0.6) is 0 Å². The average Bonchev–Trinajstić information content (AvgIpc) is 3.37. The third-order valence-electron chi connectivity index (χ3n) is 7.15. The highest BCUT2D eigenvalue weighted by molar-refractivity contribution is 5.95. The van der Waals surface area contributed by atoms with Crippen LogP contribution in [0.2, 0.25) is 0 Å². The zero-order chi connectivity index (χ0) is 26.2. The van der Waals surface area contributed by atoms with Gasteiger partial charge in [-0.3, -0.25) is 14.7 Å². The summed E-state index contributed by atoms with van der Waals surface area (Å²) in [6, 6.07) is 19.6. The fourth-order valence-corrected chi connectivity index (χ4v) is 4.97. The minimum Gasteiger partial charge on any atom is -0.454 e. The van der Waals surface area contributed by atoms with Crippen LogP contribution in [-0.2, 0) is 10.3 Å². The molecule has 1 fully saturated rings. The van der Waals surface area contributed by atoms with Gasteiger partial charge in [-0.05, 0) is 49.2 Å². The largest absolute Gasteiger partial charge is 0.454 e. The summed E-state index contributed by atoms with van der Waals surface area (Å²) in [4.78, 5) is 20.6. The molecule has 0 aliphatic carbocycles.